The van der Waals surface area contributed by atoms with Crippen LogP contribution in [-0.4, -0.2) is 29.1 Å². The van der Waals surface area contributed by atoms with Gasteiger partial charge in [0, 0.05) is 23.7 Å². The highest BCUT2D eigenvalue weighted by molar-refractivity contribution is 5.94. The van der Waals surface area contributed by atoms with Crippen molar-refractivity contribution in [1.82, 2.24) is 29.1 Å². The van der Waals surface area contributed by atoms with Crippen LogP contribution in [-0.2, 0) is 6.54 Å². The van der Waals surface area contributed by atoms with Crippen molar-refractivity contribution in [2.24, 2.45) is 0 Å². The third-order valence-corrected chi connectivity index (χ3v) is 5.32. The fourth-order valence-electron chi connectivity index (χ4n) is 3.62. The third kappa shape index (κ3) is 2.57. The Hall–Kier alpha value is -3.54. The first-order valence-electron chi connectivity index (χ1n) is 9.28. The van der Waals surface area contributed by atoms with Gasteiger partial charge in [-0.05, 0) is 38.0 Å². The van der Waals surface area contributed by atoms with Crippen LogP contribution in [0.25, 0.3) is 28.1 Å². The van der Waals surface area contributed by atoms with Gasteiger partial charge in [-0.25, -0.2) is 14.5 Å². The molecule has 6 nitrogen and oxygen atoms in total. The number of hydrogen-bond acceptors (Lipinski definition) is 4. The minimum absolute atomic E-state index is 0.714. The Kier molecular flexibility index (Phi) is 3.72. The predicted molar refractivity (Wildman–Crippen MR) is 109 cm³/mol. The summed E-state index contributed by atoms with van der Waals surface area (Å²) in [6.45, 7) is 7.05. The van der Waals surface area contributed by atoms with Gasteiger partial charge in [-0.3, -0.25) is 4.98 Å². The van der Waals surface area contributed by atoms with E-state index in [0.717, 1.165) is 34.4 Å². The van der Waals surface area contributed by atoms with Crippen molar-refractivity contribution in [3.8, 4) is 11.4 Å². The fraction of sp³-hybridized carbons (Fsp3) is 0.182. The Balaban J connectivity index is 1.70. The third-order valence-electron chi connectivity index (χ3n) is 5.32. The molecular weight excluding hydrogens is 348 g/mol. The molecule has 5 rings (SSSR count). The summed E-state index contributed by atoms with van der Waals surface area (Å²) in [5, 5.41) is 5.70. The molecule has 0 spiro atoms. The molecule has 0 N–H and O–H groups in total. The highest BCUT2D eigenvalue weighted by atomic mass is 15.3. The summed E-state index contributed by atoms with van der Waals surface area (Å²) in [6, 6.07) is 12.3. The molecule has 0 aliphatic rings. The van der Waals surface area contributed by atoms with Crippen molar-refractivity contribution in [3.05, 3.63) is 77.5 Å². The van der Waals surface area contributed by atoms with Crippen molar-refractivity contribution in [3.63, 3.8) is 0 Å². The number of pyridine rings is 1. The smallest absolute Gasteiger partial charge is 0.182 e. The molecular formula is C22H20N6. The number of nitrogens with zero attached hydrogens (tertiary/aromatic N) is 6. The van der Waals surface area contributed by atoms with E-state index in [-0.39, 0.29) is 0 Å². The van der Waals surface area contributed by atoms with Crippen molar-refractivity contribution >= 4 is 16.7 Å². The minimum Gasteiger partial charge on any atom is -0.325 e. The molecule has 0 unspecified atom stereocenters. The zero-order valence-electron chi connectivity index (χ0n) is 16.1. The lowest BCUT2D eigenvalue weighted by Gasteiger charge is -2.07. The van der Waals surface area contributed by atoms with Crippen LogP contribution in [0.5, 0.6) is 0 Å². The average molecular weight is 368 g/mol. The molecule has 1 aromatic carbocycles. The van der Waals surface area contributed by atoms with Gasteiger partial charge >= 0.3 is 0 Å². The van der Waals surface area contributed by atoms with E-state index in [2.05, 4.69) is 65.8 Å². The van der Waals surface area contributed by atoms with Gasteiger partial charge in [-0.1, -0.05) is 35.9 Å². The Morgan fingerprint density at radius 1 is 0.964 bits per heavy atom. The van der Waals surface area contributed by atoms with Gasteiger partial charge < -0.3 is 4.57 Å². The van der Waals surface area contributed by atoms with Crippen molar-refractivity contribution in [2.45, 2.75) is 27.3 Å². The quantitative estimate of drug-likeness (QED) is 0.481. The average Bonchev–Trinajstić information content (AvgIpc) is 3.24. The molecule has 0 bridgehead atoms. The van der Waals surface area contributed by atoms with Crippen LogP contribution >= 0.6 is 0 Å². The number of benzene rings is 1. The summed E-state index contributed by atoms with van der Waals surface area (Å²) in [4.78, 5) is 13.8. The van der Waals surface area contributed by atoms with Gasteiger partial charge in [0.15, 0.2) is 11.5 Å². The summed E-state index contributed by atoms with van der Waals surface area (Å²) in [5.74, 6) is 0.714. The normalized spacial score (nSPS) is 11.5. The van der Waals surface area contributed by atoms with Gasteiger partial charge in [0.2, 0.25) is 0 Å². The summed E-state index contributed by atoms with van der Waals surface area (Å²) < 4.78 is 4.00. The van der Waals surface area contributed by atoms with Crippen LogP contribution in [0.4, 0.5) is 0 Å². The lowest BCUT2D eigenvalue weighted by Crippen LogP contribution is -2.03. The molecule has 0 atom stereocenters. The second-order valence-electron chi connectivity index (χ2n) is 7.17. The van der Waals surface area contributed by atoms with Crippen LogP contribution in [0.15, 0.2) is 55.1 Å². The maximum atomic E-state index is 4.85. The largest absolute Gasteiger partial charge is 0.325 e. The highest BCUT2D eigenvalue weighted by Gasteiger charge is 2.18. The highest BCUT2D eigenvalue weighted by Crippen LogP contribution is 2.28. The SMILES string of the molecule is Cc1ccc(-c2nc3c4c(C)c(C)n(Cc5cccnc5)c4ncn3n2)cc1. The Bertz CT molecular complexity index is 1300. The van der Waals surface area contributed by atoms with Gasteiger partial charge in [-0.15, -0.1) is 5.10 Å². The summed E-state index contributed by atoms with van der Waals surface area (Å²) in [6.07, 6.45) is 5.44. The number of aromatic nitrogens is 6. The van der Waals surface area contributed by atoms with E-state index in [1.807, 2.05) is 12.3 Å². The molecule has 28 heavy (non-hydrogen) atoms. The van der Waals surface area contributed by atoms with E-state index in [0.29, 0.717) is 5.82 Å². The maximum absolute atomic E-state index is 4.85. The molecule has 4 aromatic heterocycles. The van der Waals surface area contributed by atoms with E-state index in [9.17, 15) is 0 Å². The molecule has 138 valence electrons. The van der Waals surface area contributed by atoms with E-state index in [1.165, 1.54) is 16.8 Å². The number of hydrogen-bond donors (Lipinski definition) is 0. The van der Waals surface area contributed by atoms with E-state index >= 15 is 0 Å². The summed E-state index contributed by atoms with van der Waals surface area (Å²) >= 11 is 0. The van der Waals surface area contributed by atoms with Crippen molar-refractivity contribution < 1.29 is 0 Å². The molecule has 4 heterocycles. The molecule has 0 saturated carbocycles. The van der Waals surface area contributed by atoms with E-state index in [1.54, 1.807) is 17.0 Å². The second kappa shape index (κ2) is 6.27. The van der Waals surface area contributed by atoms with Crippen molar-refractivity contribution in [2.75, 3.05) is 0 Å². The topological polar surface area (TPSA) is 60.9 Å². The Morgan fingerprint density at radius 3 is 2.54 bits per heavy atom. The van der Waals surface area contributed by atoms with Gasteiger partial charge in [0.25, 0.3) is 0 Å². The summed E-state index contributed by atoms with van der Waals surface area (Å²) in [5.41, 5.74) is 7.49. The lowest BCUT2D eigenvalue weighted by atomic mass is 10.1. The molecule has 0 fully saturated rings. The molecule has 0 saturated heterocycles. The standard InChI is InChI=1S/C22H20N6/c1-14-6-8-18(9-7-14)20-25-22-19-15(2)16(3)27(12-17-5-4-10-23-11-17)21(19)24-13-28(22)26-20/h4-11,13H,12H2,1-3H3. The van der Waals surface area contributed by atoms with Crippen LogP contribution in [0, 0.1) is 20.8 Å². The van der Waals surface area contributed by atoms with Crippen LogP contribution in [0.1, 0.15) is 22.4 Å². The molecule has 0 amide bonds. The first-order chi connectivity index (χ1) is 13.6. The van der Waals surface area contributed by atoms with E-state index in [4.69, 9.17) is 9.97 Å². The van der Waals surface area contributed by atoms with Crippen LogP contribution in [0.3, 0.4) is 0 Å². The zero-order valence-corrected chi connectivity index (χ0v) is 16.1. The monoisotopic (exact) mass is 368 g/mol. The fourth-order valence-corrected chi connectivity index (χ4v) is 3.62. The first-order valence-corrected chi connectivity index (χ1v) is 9.28. The molecule has 0 radical (unpaired) electrons. The number of fused-ring (bicyclic) bond motifs is 3. The second-order valence-corrected chi connectivity index (χ2v) is 7.17. The van der Waals surface area contributed by atoms with Crippen molar-refractivity contribution in [1.29, 1.82) is 0 Å². The number of aryl methyl sites for hydroxylation is 2. The van der Waals surface area contributed by atoms with Gasteiger partial charge in [-0.2, -0.15) is 0 Å². The molecule has 5 aromatic rings. The van der Waals surface area contributed by atoms with Gasteiger partial charge in [0.1, 0.15) is 12.0 Å². The minimum atomic E-state index is 0.714. The Labute approximate surface area is 162 Å². The Morgan fingerprint density at radius 2 is 1.79 bits per heavy atom. The van der Waals surface area contributed by atoms with Gasteiger partial charge in [0.05, 0.1) is 11.9 Å². The molecule has 0 aliphatic carbocycles. The predicted octanol–water partition coefficient (Wildman–Crippen LogP) is 4.11. The van der Waals surface area contributed by atoms with Crippen LogP contribution in [0.2, 0.25) is 0 Å². The number of rotatable bonds is 3. The maximum Gasteiger partial charge on any atom is 0.182 e. The molecule has 0 aliphatic heterocycles. The summed E-state index contributed by atoms with van der Waals surface area (Å²) in [7, 11) is 0. The van der Waals surface area contributed by atoms with E-state index < -0.39 is 0 Å². The first kappa shape index (κ1) is 16.6. The lowest BCUT2D eigenvalue weighted by molar-refractivity contribution is 0.783. The zero-order chi connectivity index (χ0) is 19.3. The van der Waals surface area contributed by atoms with Crippen LogP contribution < -0.4 is 0 Å². The molecule has 6 heteroatoms.